The van der Waals surface area contributed by atoms with Crippen LogP contribution in [0.15, 0.2) is 30.3 Å². The summed E-state index contributed by atoms with van der Waals surface area (Å²) in [6.45, 7) is 2.15. The highest BCUT2D eigenvalue weighted by molar-refractivity contribution is 5.80. The Kier molecular flexibility index (Phi) is 4.09. The van der Waals surface area contributed by atoms with Crippen molar-refractivity contribution in [2.75, 3.05) is 6.61 Å². The summed E-state index contributed by atoms with van der Waals surface area (Å²) in [5.74, 6) is -0.250. The van der Waals surface area contributed by atoms with Gasteiger partial charge in [-0.15, -0.1) is 0 Å². The summed E-state index contributed by atoms with van der Waals surface area (Å²) in [6, 6.07) is 11.6. The smallest absolute Gasteiger partial charge is 0.306 e. The first-order valence-electron chi connectivity index (χ1n) is 6.19. The van der Waals surface area contributed by atoms with E-state index in [0.29, 0.717) is 18.7 Å². The largest absolute Gasteiger partial charge is 0.466 e. The molecule has 2 aromatic rings. The second kappa shape index (κ2) is 5.96. The lowest BCUT2D eigenvalue weighted by atomic mass is 10.1. The van der Waals surface area contributed by atoms with Crippen LogP contribution in [-0.4, -0.2) is 17.6 Å². The number of aryl methyl sites for hydroxylation is 1. The second-order valence-corrected chi connectivity index (χ2v) is 4.11. The minimum absolute atomic E-state index is 0.250. The second-order valence-electron chi connectivity index (χ2n) is 4.11. The fourth-order valence-electron chi connectivity index (χ4n) is 1.92. The van der Waals surface area contributed by atoms with Crippen molar-refractivity contribution in [2.24, 2.45) is 0 Å². The van der Waals surface area contributed by atoms with Gasteiger partial charge in [0.15, 0.2) is 0 Å². The van der Waals surface area contributed by atoms with E-state index in [1.807, 2.05) is 30.3 Å². The zero-order valence-corrected chi connectivity index (χ0v) is 10.7. The minimum atomic E-state index is -0.250. The Hall–Kier alpha value is -2.41. The topological polar surface area (TPSA) is 63.0 Å². The molecule has 2 rings (SSSR count). The minimum Gasteiger partial charge on any atom is -0.466 e. The number of carbonyl (C=O) groups is 1. The number of nitrogens with zero attached hydrogens (tertiary/aromatic N) is 2. The third-order valence-electron chi connectivity index (χ3n) is 2.81. The Morgan fingerprint density at radius 2 is 2.21 bits per heavy atom. The predicted molar refractivity (Wildman–Crippen MR) is 71.4 cm³/mol. The molecule has 0 fully saturated rings. The lowest BCUT2D eigenvalue weighted by Gasteiger charge is -2.06. The maximum absolute atomic E-state index is 11.4. The number of ether oxygens (including phenoxy) is 1. The van der Waals surface area contributed by atoms with Gasteiger partial charge in [0, 0.05) is 11.8 Å². The molecule has 0 aliphatic carbocycles. The molecule has 0 radical (unpaired) electrons. The molecular formula is C15H14N2O2. The molecule has 0 unspecified atom stereocenters. The first-order chi connectivity index (χ1) is 9.24. The number of pyridine rings is 1. The molecule has 96 valence electrons. The van der Waals surface area contributed by atoms with Crippen molar-refractivity contribution in [2.45, 2.75) is 19.8 Å². The van der Waals surface area contributed by atoms with Gasteiger partial charge in [0.2, 0.25) is 0 Å². The lowest BCUT2D eigenvalue weighted by Crippen LogP contribution is -2.06. The van der Waals surface area contributed by atoms with Crippen LogP contribution < -0.4 is 0 Å². The highest BCUT2D eigenvalue weighted by atomic mass is 16.5. The normalized spacial score (nSPS) is 10.1. The summed E-state index contributed by atoms with van der Waals surface area (Å²) in [7, 11) is 0. The Labute approximate surface area is 111 Å². The molecule has 0 aliphatic heterocycles. The van der Waals surface area contributed by atoms with E-state index in [1.54, 1.807) is 6.92 Å². The first kappa shape index (κ1) is 13.0. The number of nitriles is 1. The van der Waals surface area contributed by atoms with Crippen LogP contribution in [0.25, 0.3) is 10.9 Å². The van der Waals surface area contributed by atoms with Crippen LogP contribution in [0.3, 0.4) is 0 Å². The molecule has 4 nitrogen and oxygen atoms in total. The molecule has 1 aromatic carbocycles. The van der Waals surface area contributed by atoms with Gasteiger partial charge in [-0.2, -0.15) is 5.26 Å². The summed E-state index contributed by atoms with van der Waals surface area (Å²) in [6.07, 6.45) is 0.738. The molecule has 0 saturated heterocycles. The van der Waals surface area contributed by atoms with Crippen molar-refractivity contribution < 1.29 is 9.53 Å². The van der Waals surface area contributed by atoms with Crippen molar-refractivity contribution in [1.82, 2.24) is 4.98 Å². The number of rotatable bonds is 4. The van der Waals surface area contributed by atoms with Crippen molar-refractivity contribution >= 4 is 16.9 Å². The number of carbonyl (C=O) groups excluding carboxylic acids is 1. The molecule has 1 heterocycles. The average molecular weight is 254 g/mol. The fourth-order valence-corrected chi connectivity index (χ4v) is 1.92. The maximum Gasteiger partial charge on any atom is 0.306 e. The van der Waals surface area contributed by atoms with E-state index in [1.165, 1.54) is 0 Å². The number of para-hydroxylation sites is 1. The molecule has 0 N–H and O–H groups in total. The summed E-state index contributed by atoms with van der Waals surface area (Å²) in [5.41, 5.74) is 1.95. The van der Waals surface area contributed by atoms with Crippen LogP contribution in [0.5, 0.6) is 0 Å². The van der Waals surface area contributed by atoms with E-state index in [4.69, 9.17) is 10.00 Å². The van der Waals surface area contributed by atoms with Gasteiger partial charge >= 0.3 is 5.97 Å². The summed E-state index contributed by atoms with van der Waals surface area (Å²) in [5, 5.41) is 10.1. The standard InChI is InChI=1S/C15H14N2O2/c1-2-19-15(18)8-7-12-9-11-5-3-4-6-13(11)17-14(12)10-16/h3-6,9H,2,7-8H2,1H3. The molecule has 1 aromatic heterocycles. The molecule has 0 amide bonds. The van der Waals surface area contributed by atoms with Gasteiger partial charge in [-0.1, -0.05) is 18.2 Å². The zero-order chi connectivity index (χ0) is 13.7. The molecule has 4 heteroatoms. The van der Waals surface area contributed by atoms with E-state index in [9.17, 15) is 4.79 Å². The number of esters is 1. The van der Waals surface area contributed by atoms with Gasteiger partial charge in [0.25, 0.3) is 0 Å². The van der Waals surface area contributed by atoms with Gasteiger partial charge in [-0.05, 0) is 31.0 Å². The highest BCUT2D eigenvalue weighted by Gasteiger charge is 2.09. The van der Waals surface area contributed by atoms with E-state index >= 15 is 0 Å². The number of aromatic nitrogens is 1. The monoisotopic (exact) mass is 254 g/mol. The van der Waals surface area contributed by atoms with Crippen LogP contribution in [0.2, 0.25) is 0 Å². The van der Waals surface area contributed by atoms with Gasteiger partial charge in [0.05, 0.1) is 12.1 Å². The SMILES string of the molecule is CCOC(=O)CCc1cc2ccccc2nc1C#N. The van der Waals surface area contributed by atoms with Gasteiger partial charge in [-0.25, -0.2) is 4.98 Å². The van der Waals surface area contributed by atoms with Crippen LogP contribution >= 0.6 is 0 Å². The van der Waals surface area contributed by atoms with Crippen LogP contribution in [0.4, 0.5) is 0 Å². The number of benzene rings is 1. The first-order valence-corrected chi connectivity index (χ1v) is 6.19. The molecule has 0 saturated carbocycles. The average Bonchev–Trinajstić information content (AvgIpc) is 2.44. The molecule has 0 spiro atoms. The number of hydrogen-bond acceptors (Lipinski definition) is 4. The third-order valence-corrected chi connectivity index (χ3v) is 2.81. The fraction of sp³-hybridized carbons (Fsp3) is 0.267. The Morgan fingerprint density at radius 1 is 1.42 bits per heavy atom. The van der Waals surface area contributed by atoms with Gasteiger partial charge < -0.3 is 4.74 Å². The van der Waals surface area contributed by atoms with Gasteiger partial charge in [0.1, 0.15) is 11.8 Å². The summed E-state index contributed by atoms with van der Waals surface area (Å²) >= 11 is 0. The third kappa shape index (κ3) is 3.08. The Balaban J connectivity index is 2.26. The maximum atomic E-state index is 11.4. The van der Waals surface area contributed by atoms with E-state index in [2.05, 4.69) is 11.1 Å². The van der Waals surface area contributed by atoms with Crippen LogP contribution in [0, 0.1) is 11.3 Å². The highest BCUT2D eigenvalue weighted by Crippen LogP contribution is 2.17. The van der Waals surface area contributed by atoms with E-state index in [0.717, 1.165) is 16.5 Å². The molecule has 0 aliphatic rings. The lowest BCUT2D eigenvalue weighted by molar-refractivity contribution is -0.143. The van der Waals surface area contributed by atoms with Crippen molar-refractivity contribution in [3.63, 3.8) is 0 Å². The van der Waals surface area contributed by atoms with E-state index < -0.39 is 0 Å². The molecular weight excluding hydrogens is 240 g/mol. The number of hydrogen-bond donors (Lipinski definition) is 0. The quantitative estimate of drug-likeness (QED) is 0.787. The van der Waals surface area contributed by atoms with Gasteiger partial charge in [-0.3, -0.25) is 4.79 Å². The molecule has 0 atom stereocenters. The van der Waals surface area contributed by atoms with Crippen molar-refractivity contribution in [1.29, 1.82) is 5.26 Å². The van der Waals surface area contributed by atoms with Crippen molar-refractivity contribution in [3.05, 3.63) is 41.6 Å². The summed E-state index contributed by atoms with van der Waals surface area (Å²) < 4.78 is 4.88. The molecule has 19 heavy (non-hydrogen) atoms. The number of fused-ring (bicyclic) bond motifs is 1. The molecule has 0 bridgehead atoms. The Bertz CT molecular complexity index is 644. The predicted octanol–water partition coefficient (Wildman–Crippen LogP) is 2.60. The van der Waals surface area contributed by atoms with Crippen LogP contribution in [-0.2, 0) is 16.0 Å². The zero-order valence-electron chi connectivity index (χ0n) is 10.7. The Morgan fingerprint density at radius 3 is 2.95 bits per heavy atom. The van der Waals surface area contributed by atoms with Crippen molar-refractivity contribution in [3.8, 4) is 6.07 Å². The summed E-state index contributed by atoms with van der Waals surface area (Å²) in [4.78, 5) is 15.7. The van der Waals surface area contributed by atoms with Crippen LogP contribution in [0.1, 0.15) is 24.6 Å². The van der Waals surface area contributed by atoms with E-state index in [-0.39, 0.29) is 12.4 Å².